The molecule has 0 amide bonds. The van der Waals surface area contributed by atoms with Crippen LogP contribution in [0.4, 0.5) is 0 Å². The van der Waals surface area contributed by atoms with Crippen LogP contribution in [0.15, 0.2) is 5.16 Å². The topological polar surface area (TPSA) is 79.5 Å². The van der Waals surface area contributed by atoms with Crippen LogP contribution in [0.1, 0.15) is 19.8 Å². The molecule has 0 aliphatic rings. The largest absolute Gasteiger partial charge is 0.328 e. The van der Waals surface area contributed by atoms with Crippen molar-refractivity contribution in [3.05, 3.63) is 0 Å². The Labute approximate surface area is 71.8 Å². The predicted molar refractivity (Wildman–Crippen MR) is 43.9 cm³/mol. The van der Waals surface area contributed by atoms with Crippen molar-refractivity contribution in [1.29, 1.82) is 5.26 Å². The molecule has 0 aliphatic carbocycles. The maximum atomic E-state index is 10.6. The minimum absolute atomic E-state index is 0.109. The SMILES string of the molecule is CCS(=O)(=O)ON=CCCC#N. The second-order valence-corrected chi connectivity index (χ2v) is 3.75. The molecule has 0 N–H and O–H groups in total. The van der Waals surface area contributed by atoms with Gasteiger partial charge in [-0.2, -0.15) is 13.7 Å². The van der Waals surface area contributed by atoms with Crippen LogP contribution < -0.4 is 0 Å². The highest BCUT2D eigenvalue weighted by Crippen LogP contribution is 1.92. The summed E-state index contributed by atoms with van der Waals surface area (Å²) in [6.45, 7) is 1.46. The number of unbranched alkanes of at least 4 members (excludes halogenated alkanes) is 1. The quantitative estimate of drug-likeness (QED) is 0.362. The van der Waals surface area contributed by atoms with Gasteiger partial charge in [0, 0.05) is 12.6 Å². The van der Waals surface area contributed by atoms with Crippen molar-refractivity contribution >= 4 is 16.3 Å². The molecule has 12 heavy (non-hydrogen) atoms. The molecule has 68 valence electrons. The van der Waals surface area contributed by atoms with Crippen molar-refractivity contribution in [2.75, 3.05) is 5.75 Å². The van der Waals surface area contributed by atoms with Gasteiger partial charge in [0.25, 0.3) is 0 Å². The van der Waals surface area contributed by atoms with Crippen molar-refractivity contribution in [3.8, 4) is 6.07 Å². The molecule has 0 aromatic rings. The van der Waals surface area contributed by atoms with Crippen LogP contribution in [0.2, 0.25) is 0 Å². The molecule has 0 saturated carbocycles. The first-order valence-corrected chi connectivity index (χ1v) is 5.00. The van der Waals surface area contributed by atoms with Crippen molar-refractivity contribution in [3.63, 3.8) is 0 Å². The van der Waals surface area contributed by atoms with Gasteiger partial charge in [-0.25, -0.2) is 0 Å². The van der Waals surface area contributed by atoms with Crippen LogP contribution in [0.5, 0.6) is 0 Å². The third-order valence-corrected chi connectivity index (χ3v) is 1.99. The third-order valence-electron chi connectivity index (χ3n) is 0.970. The average Bonchev–Trinajstić information content (AvgIpc) is 2.04. The molecule has 0 aromatic carbocycles. The van der Waals surface area contributed by atoms with E-state index in [2.05, 4.69) is 9.44 Å². The smallest absolute Gasteiger partial charge is 0.269 e. The Morgan fingerprint density at radius 2 is 2.33 bits per heavy atom. The van der Waals surface area contributed by atoms with Crippen LogP contribution in [-0.2, 0) is 14.4 Å². The van der Waals surface area contributed by atoms with Gasteiger partial charge in [0.1, 0.15) is 0 Å². The lowest BCUT2D eigenvalue weighted by molar-refractivity contribution is 0.341. The zero-order valence-corrected chi connectivity index (χ0v) is 7.54. The Balaban J connectivity index is 3.70. The Morgan fingerprint density at radius 1 is 1.67 bits per heavy atom. The molecule has 0 saturated heterocycles. The van der Waals surface area contributed by atoms with Crippen molar-refractivity contribution in [1.82, 2.24) is 0 Å². The lowest BCUT2D eigenvalue weighted by Crippen LogP contribution is -2.03. The first-order chi connectivity index (χ1) is 5.62. The lowest BCUT2D eigenvalue weighted by Gasteiger charge is -1.94. The highest BCUT2D eigenvalue weighted by molar-refractivity contribution is 7.86. The summed E-state index contributed by atoms with van der Waals surface area (Å²) in [7, 11) is -3.49. The maximum absolute atomic E-state index is 10.6. The van der Waals surface area contributed by atoms with Gasteiger partial charge in [-0.3, -0.25) is 4.28 Å². The molecule has 0 aromatic heterocycles. The lowest BCUT2D eigenvalue weighted by atomic mass is 10.4. The van der Waals surface area contributed by atoms with Gasteiger partial charge < -0.3 is 0 Å². The van der Waals surface area contributed by atoms with Crippen LogP contribution in [0.25, 0.3) is 0 Å². The highest BCUT2D eigenvalue weighted by Gasteiger charge is 2.04. The molecule has 6 heteroatoms. The van der Waals surface area contributed by atoms with E-state index in [9.17, 15) is 8.42 Å². The van der Waals surface area contributed by atoms with E-state index in [1.165, 1.54) is 13.1 Å². The minimum atomic E-state index is -3.49. The molecule has 0 fully saturated rings. The Hall–Kier alpha value is -1.09. The zero-order chi connectivity index (χ0) is 9.45. The number of hydrogen-bond donors (Lipinski definition) is 0. The molecular weight excluding hydrogens is 180 g/mol. The number of oxime groups is 1. The molecule has 0 heterocycles. The van der Waals surface area contributed by atoms with Crippen molar-refractivity contribution in [2.24, 2.45) is 5.16 Å². The predicted octanol–water partition coefficient (Wildman–Crippen LogP) is 0.642. The summed E-state index contributed by atoms with van der Waals surface area (Å²) >= 11 is 0. The normalized spacial score (nSPS) is 11.3. The number of nitrogens with zero attached hydrogens (tertiary/aromatic N) is 2. The summed E-state index contributed by atoms with van der Waals surface area (Å²) in [5.41, 5.74) is 0. The van der Waals surface area contributed by atoms with E-state index < -0.39 is 10.1 Å². The van der Waals surface area contributed by atoms with E-state index in [-0.39, 0.29) is 5.75 Å². The van der Waals surface area contributed by atoms with E-state index in [0.29, 0.717) is 12.8 Å². The van der Waals surface area contributed by atoms with E-state index in [0.717, 1.165) is 0 Å². The first-order valence-electron chi connectivity index (χ1n) is 3.42. The van der Waals surface area contributed by atoms with E-state index in [1.54, 1.807) is 0 Å². The fourth-order valence-corrected chi connectivity index (χ4v) is 0.628. The van der Waals surface area contributed by atoms with Crippen LogP contribution in [0, 0.1) is 11.3 Å². The van der Waals surface area contributed by atoms with Crippen LogP contribution in [-0.4, -0.2) is 20.4 Å². The van der Waals surface area contributed by atoms with Gasteiger partial charge in [-0.05, 0) is 13.3 Å². The van der Waals surface area contributed by atoms with Gasteiger partial charge in [0.2, 0.25) is 0 Å². The average molecular weight is 190 g/mol. The van der Waals surface area contributed by atoms with Gasteiger partial charge in [0.15, 0.2) is 0 Å². The van der Waals surface area contributed by atoms with Gasteiger partial charge in [-0.1, -0.05) is 5.16 Å². The monoisotopic (exact) mass is 190 g/mol. The van der Waals surface area contributed by atoms with E-state index in [4.69, 9.17) is 5.26 Å². The minimum Gasteiger partial charge on any atom is -0.269 e. The molecular formula is C6H10N2O3S. The van der Waals surface area contributed by atoms with E-state index in [1.807, 2.05) is 6.07 Å². The fraction of sp³-hybridized carbons (Fsp3) is 0.667. The summed E-state index contributed by atoms with van der Waals surface area (Å²) in [5, 5.41) is 11.3. The third kappa shape index (κ3) is 5.68. The zero-order valence-electron chi connectivity index (χ0n) is 6.73. The second kappa shape index (κ2) is 5.55. The molecule has 0 atom stereocenters. The van der Waals surface area contributed by atoms with Crippen molar-refractivity contribution < 1.29 is 12.7 Å². The summed E-state index contributed by atoms with van der Waals surface area (Å²) in [6.07, 6.45) is 1.96. The van der Waals surface area contributed by atoms with Crippen molar-refractivity contribution in [2.45, 2.75) is 19.8 Å². The molecule has 0 rings (SSSR count). The number of rotatable bonds is 5. The van der Waals surface area contributed by atoms with Gasteiger partial charge >= 0.3 is 10.1 Å². The van der Waals surface area contributed by atoms with Crippen LogP contribution >= 0.6 is 0 Å². The molecule has 0 unspecified atom stereocenters. The molecule has 0 radical (unpaired) electrons. The van der Waals surface area contributed by atoms with Gasteiger partial charge in [-0.15, -0.1) is 0 Å². The Bertz CT molecular complexity index is 276. The first kappa shape index (κ1) is 10.9. The molecule has 0 spiro atoms. The number of nitriles is 1. The standard InChI is InChI=1S/C6H10N2O3S/c1-2-12(9,10)11-8-6-4-3-5-7/h6H,2-4H2,1H3. The van der Waals surface area contributed by atoms with Gasteiger partial charge in [0.05, 0.1) is 11.8 Å². The fourth-order valence-electron chi connectivity index (χ4n) is 0.331. The second-order valence-electron chi connectivity index (χ2n) is 1.91. The maximum Gasteiger partial charge on any atom is 0.328 e. The highest BCUT2D eigenvalue weighted by atomic mass is 32.2. The summed E-state index contributed by atoms with van der Waals surface area (Å²) in [4.78, 5) is 0. The van der Waals surface area contributed by atoms with Crippen LogP contribution in [0.3, 0.4) is 0 Å². The molecule has 0 bridgehead atoms. The molecule has 0 aliphatic heterocycles. The summed E-state index contributed by atoms with van der Waals surface area (Å²) in [5.74, 6) is -0.109. The Morgan fingerprint density at radius 3 is 2.83 bits per heavy atom. The van der Waals surface area contributed by atoms with E-state index >= 15 is 0 Å². The Kier molecular flexibility index (Phi) is 5.04. The summed E-state index contributed by atoms with van der Waals surface area (Å²) in [6, 6.07) is 1.88. The number of hydrogen-bond acceptors (Lipinski definition) is 5. The summed E-state index contributed by atoms with van der Waals surface area (Å²) < 4.78 is 25.4. The molecule has 5 nitrogen and oxygen atoms in total.